The number of amides is 5. The molecule has 0 saturated heterocycles. The summed E-state index contributed by atoms with van der Waals surface area (Å²) in [5.74, 6) is -9.48. The van der Waals surface area contributed by atoms with Crippen molar-refractivity contribution in [2.24, 2.45) is 76.9 Å². The normalized spacial score (nSPS) is 13.3. The Morgan fingerprint density at radius 2 is 0.550 bits per heavy atom. The lowest BCUT2D eigenvalue weighted by atomic mass is 9.87. The highest BCUT2D eigenvalue weighted by Crippen LogP contribution is 2.26. The number of aromatic amines is 1. The van der Waals surface area contributed by atoms with E-state index in [0.717, 1.165) is 27.8 Å². The number of carboxylic acid groups (broad SMARTS) is 5. The Labute approximate surface area is 822 Å². The number of hydrogen-bond donors (Lipinski definition) is 12. The predicted octanol–water partition coefficient (Wildman–Crippen LogP) is 18.6. The zero-order chi connectivity index (χ0) is 105. The standard InChI is InChI=1S/C24H29NO6.C21H27N3O5.2C21H31NO5.C20H29NO5/c1-16(2)12-21(25-24(30)31-15-18-6-4-3-5-7-18)22(27)14-19(23(28)29)13-17-8-10-20(26)11-9-17;1-14(2)10-17(24-21(28)29-13-15-6-4-3-5-7-15)18(25)11-16(20(26)27)12-19-22-8-9-23-19;1-14(2)10-17(20(24)25)12-19(23)18(11-15(3)4)22-21(26)27-13-16-8-6-5-7-9-16;1-5-15(4)19(18(23)12-17(20(24)25)11-14(2)3)22-21(26)27-13-16-9-7-6-8-10-16;1-13(2)10-16(19(23)24)11-17(22)18(14(3)4)21-20(25)26-12-15-8-6-5-7-9-15/h3-11,16,19,21,26H,12-15H2,1-2H3,(H,25,30)(H,28,29);3-9,14,16-17H,10-13H2,1-2H3,(H,22,23)(H,24,28)(H,26,27);5-9,14-15,17-18H,10-13H2,1-4H3,(H,22,26)(H,24,25);6-10,14-15,17,19H,5,11-13H2,1-4H3,(H,22,26)(H,24,25);5-9,13-14,16,18H,10-12H2,1-4H3,(H,21,25)(H,23,24)/t19-,21+;16-,17-;17-,18+;15?,17-,19+;16-,18+/m10111/s1. The molecule has 766 valence electrons. The maximum atomic E-state index is 12.9. The fourth-order valence-electron chi connectivity index (χ4n) is 14.6. The van der Waals surface area contributed by atoms with Gasteiger partial charge in [0.15, 0.2) is 28.9 Å². The van der Waals surface area contributed by atoms with Crippen LogP contribution in [0.3, 0.4) is 0 Å². The Morgan fingerprint density at radius 1 is 0.300 bits per heavy atom. The molecular formula is C107H147N7O26. The van der Waals surface area contributed by atoms with Gasteiger partial charge >= 0.3 is 60.3 Å². The van der Waals surface area contributed by atoms with Crippen molar-refractivity contribution in [1.29, 1.82) is 0 Å². The van der Waals surface area contributed by atoms with Crippen LogP contribution in [0.5, 0.6) is 5.75 Å². The van der Waals surface area contributed by atoms with Gasteiger partial charge in [0.25, 0.3) is 0 Å². The molecule has 1 heterocycles. The molecule has 0 aliphatic heterocycles. The van der Waals surface area contributed by atoms with E-state index in [9.17, 15) is 103 Å². The highest BCUT2D eigenvalue weighted by Gasteiger charge is 2.36. The molecule has 1 unspecified atom stereocenters. The maximum absolute atomic E-state index is 12.9. The number of ether oxygens (including phenoxy) is 5. The first kappa shape index (κ1) is 121. The predicted molar refractivity (Wildman–Crippen MR) is 527 cm³/mol. The molecule has 1 aromatic heterocycles. The Hall–Kier alpha value is -13.6. The molecule has 7 aromatic rings. The molecule has 0 saturated carbocycles. The van der Waals surface area contributed by atoms with Crippen LogP contribution in [0.15, 0.2) is 188 Å². The second kappa shape index (κ2) is 66.0. The van der Waals surface area contributed by atoms with E-state index in [0.29, 0.717) is 56.3 Å². The molecule has 0 aliphatic rings. The van der Waals surface area contributed by atoms with E-state index < -0.39 is 120 Å². The van der Waals surface area contributed by atoms with E-state index in [-0.39, 0.29) is 160 Å². The summed E-state index contributed by atoms with van der Waals surface area (Å²) < 4.78 is 25.9. The molecule has 33 heteroatoms. The first-order valence-electron chi connectivity index (χ1n) is 47.6. The summed E-state index contributed by atoms with van der Waals surface area (Å²) in [6.07, 6.45) is 2.39. The molecular weight excluding hydrogens is 1800 g/mol. The number of aromatic nitrogens is 2. The maximum Gasteiger partial charge on any atom is 0.408 e. The average molecular weight is 1950 g/mol. The number of alkyl carbamates (subject to hydrolysis) is 5. The number of ketones is 5. The number of rotatable bonds is 54. The third-order valence-corrected chi connectivity index (χ3v) is 22.0. The molecule has 0 bridgehead atoms. The van der Waals surface area contributed by atoms with Crippen LogP contribution in [0.2, 0.25) is 0 Å². The van der Waals surface area contributed by atoms with Crippen molar-refractivity contribution in [1.82, 2.24) is 36.6 Å². The third-order valence-electron chi connectivity index (χ3n) is 22.0. The van der Waals surface area contributed by atoms with E-state index >= 15 is 0 Å². The largest absolute Gasteiger partial charge is 0.508 e. The van der Waals surface area contributed by atoms with Gasteiger partial charge in [0.2, 0.25) is 0 Å². The van der Waals surface area contributed by atoms with Crippen molar-refractivity contribution in [2.75, 3.05) is 0 Å². The van der Waals surface area contributed by atoms with Crippen LogP contribution >= 0.6 is 0 Å². The Morgan fingerprint density at radius 3 is 0.800 bits per heavy atom. The van der Waals surface area contributed by atoms with Crippen LogP contribution in [0.1, 0.15) is 227 Å². The van der Waals surface area contributed by atoms with Crippen molar-refractivity contribution in [3.05, 3.63) is 228 Å². The lowest BCUT2D eigenvalue weighted by molar-refractivity contribution is -0.145. The fraction of sp³-hybridized carbons (Fsp3) is 0.495. The van der Waals surface area contributed by atoms with Crippen molar-refractivity contribution in [2.45, 2.75) is 264 Å². The summed E-state index contributed by atoms with van der Waals surface area (Å²) >= 11 is 0. The highest BCUT2D eigenvalue weighted by molar-refractivity contribution is 5.94. The highest BCUT2D eigenvalue weighted by atomic mass is 16.6. The molecule has 0 aliphatic carbocycles. The number of carboxylic acids is 5. The number of H-pyrrole nitrogens is 1. The zero-order valence-corrected chi connectivity index (χ0v) is 83.5. The van der Waals surface area contributed by atoms with Crippen LogP contribution in [0, 0.1) is 76.9 Å². The van der Waals surface area contributed by atoms with Crippen LogP contribution in [0.4, 0.5) is 24.0 Å². The van der Waals surface area contributed by atoms with Crippen LogP contribution < -0.4 is 26.6 Å². The molecule has 11 atom stereocenters. The minimum atomic E-state index is -1.09. The summed E-state index contributed by atoms with van der Waals surface area (Å²) in [6.45, 7) is 31.0. The second-order valence-electron chi connectivity index (χ2n) is 37.7. The molecule has 33 nitrogen and oxygen atoms in total. The van der Waals surface area contributed by atoms with Crippen molar-refractivity contribution >= 4 is 89.2 Å². The molecule has 12 N–H and O–H groups in total. The van der Waals surface area contributed by atoms with E-state index in [2.05, 4.69) is 36.6 Å². The van der Waals surface area contributed by atoms with Gasteiger partial charge in [-0.2, -0.15) is 0 Å². The smallest absolute Gasteiger partial charge is 0.408 e. The Bertz CT molecular complexity index is 4890. The second-order valence-corrected chi connectivity index (χ2v) is 37.7. The molecule has 7 rings (SSSR count). The van der Waals surface area contributed by atoms with Gasteiger partial charge in [0.05, 0.1) is 59.8 Å². The minimum Gasteiger partial charge on any atom is -0.508 e. The van der Waals surface area contributed by atoms with E-state index in [1.165, 1.54) is 18.3 Å². The molecule has 5 amide bonds. The number of carbonyl (C=O) groups is 15. The minimum absolute atomic E-state index is 0.0772. The molecule has 0 spiro atoms. The quantitative estimate of drug-likeness (QED) is 0.0158. The van der Waals surface area contributed by atoms with Crippen molar-refractivity contribution < 1.29 is 126 Å². The molecule has 6 aromatic carbocycles. The summed E-state index contributed by atoms with van der Waals surface area (Å²) in [5.41, 5.74) is 4.90. The van der Waals surface area contributed by atoms with Crippen molar-refractivity contribution in [3.8, 4) is 5.75 Å². The number of imidazole rings is 1. The summed E-state index contributed by atoms with van der Waals surface area (Å²) in [4.78, 5) is 189. The number of aromatic hydroxyl groups is 1. The van der Waals surface area contributed by atoms with Crippen molar-refractivity contribution in [3.63, 3.8) is 0 Å². The zero-order valence-electron chi connectivity index (χ0n) is 83.5. The van der Waals surface area contributed by atoms with Crippen LogP contribution in [-0.2, 0) is 118 Å². The molecule has 0 radical (unpaired) electrons. The van der Waals surface area contributed by atoms with E-state index in [4.69, 9.17) is 23.7 Å². The van der Waals surface area contributed by atoms with Crippen LogP contribution in [-0.4, -0.2) is 160 Å². The molecule has 0 fully saturated rings. The number of carbonyl (C=O) groups excluding carboxylic acids is 10. The number of nitrogens with one attached hydrogen (secondary N) is 6. The number of Topliss-reactive ketones (excluding diaryl/α,β-unsaturated/α-hetero) is 5. The SMILES string of the molecule is CC(C)C[C@H](CC(=O)[C@@H](NC(=O)OCc1ccccc1)C(C)C)C(=O)O.CC(C)C[C@H](CC(=O)[C@H](CC(C)C)NC(=O)OCc1ccccc1)C(=O)O.CC(C)C[C@H](NC(=O)OCc1ccccc1)C(=O)C[C@@H](Cc1ccc(O)cc1)C(=O)O.CC(C)C[C@H](NC(=O)OCc1ccccc1)C(=O)C[C@@H](Cc1ncc[nH]1)C(=O)O.CCC(C)[C@H](NC(=O)OCc1ccccc1)C(=O)C[C@@H](CC(C)C)C(=O)O. The molecule has 140 heavy (non-hydrogen) atoms. The third kappa shape index (κ3) is 52.2. The topological polar surface area (TPSA) is 512 Å². The lowest BCUT2D eigenvalue weighted by Gasteiger charge is -2.24. The number of phenolic OH excluding ortho intramolecular Hbond substituents is 1. The number of aliphatic carboxylic acids is 5. The van der Waals surface area contributed by atoms with Gasteiger partial charge in [-0.3, -0.25) is 47.9 Å². The number of nitrogens with zero attached hydrogens (tertiary/aromatic N) is 1. The van der Waals surface area contributed by atoms with Gasteiger partial charge in [0, 0.05) is 50.9 Å². The number of benzene rings is 6. The van der Waals surface area contributed by atoms with Gasteiger partial charge in [-0.1, -0.05) is 281 Å². The number of phenols is 1. The van der Waals surface area contributed by atoms with Crippen LogP contribution in [0.25, 0.3) is 0 Å². The first-order valence-corrected chi connectivity index (χ1v) is 47.6. The van der Waals surface area contributed by atoms with Gasteiger partial charge in [-0.15, -0.1) is 0 Å². The Balaban J connectivity index is 0.000000451. The average Bonchev–Trinajstić information content (AvgIpc) is 1.37. The first-order chi connectivity index (χ1) is 66.2. The Kier molecular flexibility index (Phi) is 56.9. The van der Waals surface area contributed by atoms with Gasteiger partial charge in [-0.25, -0.2) is 29.0 Å². The van der Waals surface area contributed by atoms with Gasteiger partial charge in [-0.05, 0) is 138 Å². The monoisotopic (exact) mass is 1950 g/mol. The lowest BCUT2D eigenvalue weighted by Crippen LogP contribution is -2.46. The van der Waals surface area contributed by atoms with E-state index in [1.807, 2.05) is 249 Å². The fourth-order valence-corrected chi connectivity index (χ4v) is 14.6. The van der Waals surface area contributed by atoms with Gasteiger partial charge in [0.1, 0.15) is 44.6 Å². The summed E-state index contributed by atoms with van der Waals surface area (Å²) in [6, 6.07) is 48.4. The summed E-state index contributed by atoms with van der Waals surface area (Å²) in [5, 5.41) is 69.5. The van der Waals surface area contributed by atoms with Gasteiger partial charge < -0.3 is 85.9 Å². The summed E-state index contributed by atoms with van der Waals surface area (Å²) in [7, 11) is 0. The van der Waals surface area contributed by atoms with E-state index in [1.54, 1.807) is 32.2 Å². The number of hydrogen-bond acceptors (Lipinski definition) is 22.